The molecule has 0 N–H and O–H groups in total. The lowest BCUT2D eigenvalue weighted by atomic mass is 9.96. The van der Waals surface area contributed by atoms with E-state index in [4.69, 9.17) is 0 Å². The van der Waals surface area contributed by atoms with E-state index in [0.717, 1.165) is 36.2 Å². The predicted octanol–water partition coefficient (Wildman–Crippen LogP) is 2.55. The zero-order chi connectivity index (χ0) is 14.2. The molecule has 2 aromatic heterocycles. The molecule has 110 valence electrons. The van der Waals surface area contributed by atoms with Crippen LogP contribution < -0.4 is 4.90 Å². The Morgan fingerprint density at radius 3 is 2.67 bits per heavy atom. The highest BCUT2D eigenvalue weighted by Gasteiger charge is 2.31. The summed E-state index contributed by atoms with van der Waals surface area (Å²) in [6.07, 6.45) is 10.1. The molecule has 1 saturated carbocycles. The summed E-state index contributed by atoms with van der Waals surface area (Å²) in [4.78, 5) is 10.7. The predicted molar refractivity (Wildman–Crippen MR) is 82.2 cm³/mol. The lowest BCUT2D eigenvalue weighted by molar-refractivity contribution is 0.463. The molecule has 0 aromatic carbocycles. The van der Waals surface area contributed by atoms with Crippen LogP contribution in [0.2, 0.25) is 0 Å². The first-order valence-electron chi connectivity index (χ1n) is 7.43. The fourth-order valence-corrected chi connectivity index (χ4v) is 3.54. The summed E-state index contributed by atoms with van der Waals surface area (Å²) >= 11 is 3.53. The zero-order valence-electron chi connectivity index (χ0n) is 11.7. The van der Waals surface area contributed by atoms with Gasteiger partial charge in [-0.2, -0.15) is 0 Å². The smallest absolute Gasteiger partial charge is 0.146 e. The van der Waals surface area contributed by atoms with Crippen molar-refractivity contribution in [3.8, 4) is 0 Å². The van der Waals surface area contributed by atoms with Crippen molar-refractivity contribution in [3.05, 3.63) is 29.1 Å². The summed E-state index contributed by atoms with van der Waals surface area (Å²) in [6, 6.07) is 0.657. The van der Waals surface area contributed by atoms with Crippen LogP contribution in [0.1, 0.15) is 43.5 Å². The van der Waals surface area contributed by atoms with Crippen molar-refractivity contribution in [1.82, 2.24) is 24.7 Å². The first-order chi connectivity index (χ1) is 10.3. The van der Waals surface area contributed by atoms with Crippen molar-refractivity contribution in [2.45, 2.75) is 37.6 Å². The number of piperidine rings is 1. The maximum Gasteiger partial charge on any atom is 0.146 e. The van der Waals surface area contributed by atoms with Gasteiger partial charge < -0.3 is 9.47 Å². The van der Waals surface area contributed by atoms with Crippen molar-refractivity contribution in [2.75, 3.05) is 18.0 Å². The minimum absolute atomic E-state index is 0.518. The molecule has 2 aliphatic rings. The highest BCUT2D eigenvalue weighted by atomic mass is 79.9. The molecule has 1 aliphatic carbocycles. The molecule has 6 nitrogen and oxygen atoms in total. The molecule has 21 heavy (non-hydrogen) atoms. The number of aromatic nitrogens is 5. The standard InChI is InChI=1S/C14H17BrN6/c15-12-7-16-8-17-14(12)20-5-3-10(4-6-20)13-19-18-9-21(13)11-1-2-11/h7-11H,1-6H2. The summed E-state index contributed by atoms with van der Waals surface area (Å²) < 4.78 is 3.26. The van der Waals surface area contributed by atoms with Crippen LogP contribution in [0.3, 0.4) is 0 Å². The van der Waals surface area contributed by atoms with Crippen LogP contribution in [0.4, 0.5) is 5.82 Å². The van der Waals surface area contributed by atoms with E-state index in [2.05, 4.69) is 45.6 Å². The topological polar surface area (TPSA) is 59.7 Å². The maximum atomic E-state index is 4.38. The summed E-state index contributed by atoms with van der Waals surface area (Å²) in [5, 5.41) is 8.50. The first-order valence-corrected chi connectivity index (χ1v) is 8.22. The van der Waals surface area contributed by atoms with E-state index in [9.17, 15) is 0 Å². The summed E-state index contributed by atoms with van der Waals surface area (Å²) in [5.74, 6) is 2.69. The van der Waals surface area contributed by atoms with Crippen LogP contribution in [0, 0.1) is 0 Å². The van der Waals surface area contributed by atoms with Gasteiger partial charge in [0, 0.05) is 31.2 Å². The Bertz CT molecular complexity index is 630. The van der Waals surface area contributed by atoms with Crippen LogP contribution in [0.15, 0.2) is 23.3 Å². The zero-order valence-corrected chi connectivity index (χ0v) is 13.3. The lowest BCUT2D eigenvalue weighted by Gasteiger charge is -2.32. The van der Waals surface area contributed by atoms with Crippen molar-refractivity contribution in [3.63, 3.8) is 0 Å². The molecule has 0 amide bonds. The molecular formula is C14H17BrN6. The second-order valence-corrected chi connectivity index (χ2v) is 6.64. The molecule has 7 heteroatoms. The molecule has 0 bridgehead atoms. The number of halogens is 1. The third kappa shape index (κ3) is 2.54. The molecule has 1 aliphatic heterocycles. The van der Waals surface area contributed by atoms with Gasteiger partial charge in [-0.25, -0.2) is 9.97 Å². The van der Waals surface area contributed by atoms with E-state index in [1.165, 1.54) is 18.7 Å². The summed E-state index contributed by atoms with van der Waals surface area (Å²) in [6.45, 7) is 2.00. The quantitative estimate of drug-likeness (QED) is 0.852. The van der Waals surface area contributed by atoms with E-state index in [-0.39, 0.29) is 0 Å². The third-order valence-corrected chi connectivity index (χ3v) is 4.91. The van der Waals surface area contributed by atoms with Crippen molar-refractivity contribution in [1.29, 1.82) is 0 Å². The van der Waals surface area contributed by atoms with Gasteiger partial charge in [0.25, 0.3) is 0 Å². The monoisotopic (exact) mass is 348 g/mol. The van der Waals surface area contributed by atoms with Gasteiger partial charge in [-0.3, -0.25) is 0 Å². The average Bonchev–Trinajstić information content (AvgIpc) is 3.25. The molecule has 0 radical (unpaired) electrons. The Hall–Kier alpha value is -1.50. The largest absolute Gasteiger partial charge is 0.356 e. The van der Waals surface area contributed by atoms with Crippen LogP contribution in [0.5, 0.6) is 0 Å². The van der Waals surface area contributed by atoms with E-state index >= 15 is 0 Å². The van der Waals surface area contributed by atoms with Crippen molar-refractivity contribution in [2.24, 2.45) is 0 Å². The maximum absolute atomic E-state index is 4.38. The SMILES string of the molecule is Brc1cncnc1N1CCC(c2nncn2C2CC2)CC1. The number of anilines is 1. The lowest BCUT2D eigenvalue weighted by Crippen LogP contribution is -2.34. The Kier molecular flexibility index (Phi) is 3.37. The normalized spacial score (nSPS) is 20.0. The van der Waals surface area contributed by atoms with Crippen molar-refractivity contribution >= 4 is 21.7 Å². The van der Waals surface area contributed by atoms with Gasteiger partial charge in [0.15, 0.2) is 0 Å². The third-order valence-electron chi connectivity index (χ3n) is 4.35. The Balaban J connectivity index is 1.47. The molecule has 0 spiro atoms. The van der Waals surface area contributed by atoms with Gasteiger partial charge in [0.2, 0.25) is 0 Å². The van der Waals surface area contributed by atoms with E-state index in [1.807, 2.05) is 6.33 Å². The fourth-order valence-electron chi connectivity index (χ4n) is 3.07. The van der Waals surface area contributed by atoms with Crippen molar-refractivity contribution < 1.29 is 0 Å². The van der Waals surface area contributed by atoms with E-state index in [0.29, 0.717) is 12.0 Å². The van der Waals surface area contributed by atoms with Crippen LogP contribution in [-0.2, 0) is 0 Å². The fraction of sp³-hybridized carbons (Fsp3) is 0.571. The van der Waals surface area contributed by atoms with E-state index in [1.54, 1.807) is 12.5 Å². The van der Waals surface area contributed by atoms with Gasteiger partial charge in [0.05, 0.1) is 4.47 Å². The van der Waals surface area contributed by atoms with Crippen LogP contribution in [-0.4, -0.2) is 37.8 Å². The summed E-state index contributed by atoms with van der Waals surface area (Å²) in [5.41, 5.74) is 0. The minimum Gasteiger partial charge on any atom is -0.356 e. The average molecular weight is 349 g/mol. The second kappa shape index (κ2) is 5.36. The number of nitrogens with zero attached hydrogens (tertiary/aromatic N) is 6. The highest BCUT2D eigenvalue weighted by Crippen LogP contribution is 2.39. The number of hydrogen-bond donors (Lipinski definition) is 0. The van der Waals surface area contributed by atoms with Gasteiger partial charge in [-0.15, -0.1) is 10.2 Å². The molecule has 0 atom stereocenters. The van der Waals surface area contributed by atoms with Crippen LogP contribution >= 0.6 is 15.9 Å². The van der Waals surface area contributed by atoms with Gasteiger partial charge in [0.1, 0.15) is 24.3 Å². The number of rotatable bonds is 3. The molecule has 4 rings (SSSR count). The molecule has 3 heterocycles. The molecule has 0 unspecified atom stereocenters. The molecule has 2 fully saturated rings. The molecule has 2 aromatic rings. The Labute approximate surface area is 131 Å². The van der Waals surface area contributed by atoms with Crippen LogP contribution in [0.25, 0.3) is 0 Å². The number of hydrogen-bond acceptors (Lipinski definition) is 5. The van der Waals surface area contributed by atoms with Gasteiger partial charge in [-0.05, 0) is 41.6 Å². The molecular weight excluding hydrogens is 332 g/mol. The molecule has 1 saturated heterocycles. The Morgan fingerprint density at radius 1 is 1.14 bits per heavy atom. The summed E-state index contributed by atoms with van der Waals surface area (Å²) in [7, 11) is 0. The highest BCUT2D eigenvalue weighted by molar-refractivity contribution is 9.10. The van der Waals surface area contributed by atoms with Gasteiger partial charge >= 0.3 is 0 Å². The minimum atomic E-state index is 0.518. The Morgan fingerprint density at radius 2 is 1.95 bits per heavy atom. The van der Waals surface area contributed by atoms with E-state index < -0.39 is 0 Å². The first kappa shape index (κ1) is 13.2. The van der Waals surface area contributed by atoms with Gasteiger partial charge in [-0.1, -0.05) is 0 Å². The second-order valence-electron chi connectivity index (χ2n) is 5.78.